The third-order valence-corrected chi connectivity index (χ3v) is 5.45. The summed E-state index contributed by atoms with van der Waals surface area (Å²) in [5, 5.41) is 11.7. The largest absolute Gasteiger partial charge is 0.454 e. The van der Waals surface area contributed by atoms with E-state index in [0.29, 0.717) is 34.7 Å². The minimum atomic E-state index is -0.544. The average molecular weight is 447 g/mol. The zero-order valence-corrected chi connectivity index (χ0v) is 17.2. The van der Waals surface area contributed by atoms with Gasteiger partial charge < -0.3 is 14.8 Å². The number of ether oxygens (including phenoxy) is 2. The first-order chi connectivity index (χ1) is 14.5. The van der Waals surface area contributed by atoms with Crippen molar-refractivity contribution >= 4 is 35.0 Å². The molecule has 0 bridgehead atoms. The molecular formula is C20H16ClFN4O3S. The number of amides is 1. The molecular weight excluding hydrogens is 431 g/mol. The predicted molar refractivity (Wildman–Crippen MR) is 113 cm³/mol. The maximum absolute atomic E-state index is 13.2. The van der Waals surface area contributed by atoms with Crippen LogP contribution < -0.4 is 14.8 Å². The van der Waals surface area contributed by atoms with Crippen molar-refractivity contribution in [2.45, 2.75) is 11.7 Å². The fourth-order valence-corrected chi connectivity index (χ4v) is 3.77. The summed E-state index contributed by atoms with van der Waals surface area (Å²) in [5.41, 5.74) is 1.23. The fraction of sp³-hybridized carbons (Fsp3) is 0.150. The van der Waals surface area contributed by atoms with Crippen molar-refractivity contribution in [2.24, 2.45) is 0 Å². The lowest BCUT2D eigenvalue weighted by Crippen LogP contribution is -2.14. The summed E-state index contributed by atoms with van der Waals surface area (Å²) in [5.74, 6) is 1.22. The van der Waals surface area contributed by atoms with Crippen LogP contribution in [-0.2, 0) is 11.3 Å². The Balaban J connectivity index is 1.48. The second-order valence-electron chi connectivity index (χ2n) is 6.24. The van der Waals surface area contributed by atoms with Gasteiger partial charge >= 0.3 is 0 Å². The number of allylic oxidation sites excluding steroid dienone is 1. The zero-order valence-electron chi connectivity index (χ0n) is 15.6. The van der Waals surface area contributed by atoms with Crippen LogP contribution in [0.3, 0.4) is 0 Å². The molecule has 0 saturated carbocycles. The van der Waals surface area contributed by atoms with Gasteiger partial charge in [-0.05, 0) is 36.4 Å². The monoisotopic (exact) mass is 446 g/mol. The Hall–Kier alpha value is -3.04. The summed E-state index contributed by atoms with van der Waals surface area (Å²) in [4.78, 5) is 12.3. The fourth-order valence-electron chi connectivity index (χ4n) is 2.84. The van der Waals surface area contributed by atoms with Gasteiger partial charge in [0.1, 0.15) is 5.82 Å². The molecule has 1 aliphatic rings. The Bertz CT molecular complexity index is 1120. The number of aromatic nitrogens is 3. The molecule has 0 fully saturated rings. The first kappa shape index (κ1) is 20.2. The van der Waals surface area contributed by atoms with E-state index in [0.717, 1.165) is 5.56 Å². The number of carbonyl (C=O) groups excluding carboxylic acids is 1. The summed E-state index contributed by atoms with van der Waals surface area (Å²) in [6, 6.07) is 9.53. The number of halogens is 2. The lowest BCUT2D eigenvalue weighted by molar-refractivity contribution is -0.113. The smallest absolute Gasteiger partial charge is 0.234 e. The number of hydrogen-bond donors (Lipinski definition) is 1. The van der Waals surface area contributed by atoms with Crippen LogP contribution in [0.4, 0.5) is 10.1 Å². The molecule has 0 spiro atoms. The third kappa shape index (κ3) is 4.27. The number of anilines is 1. The number of hydrogen-bond acceptors (Lipinski definition) is 6. The highest BCUT2D eigenvalue weighted by Gasteiger charge is 2.19. The number of thioether (sulfide) groups is 1. The van der Waals surface area contributed by atoms with Gasteiger partial charge in [0.05, 0.1) is 10.8 Å². The Labute approximate surface area is 180 Å². The van der Waals surface area contributed by atoms with Gasteiger partial charge in [0, 0.05) is 17.8 Å². The van der Waals surface area contributed by atoms with Gasteiger partial charge in [0.25, 0.3) is 0 Å². The molecule has 2 heterocycles. The van der Waals surface area contributed by atoms with Gasteiger partial charge in [0.15, 0.2) is 22.5 Å². The zero-order chi connectivity index (χ0) is 21.1. The quantitative estimate of drug-likeness (QED) is 0.428. The first-order valence-corrected chi connectivity index (χ1v) is 10.2. The van der Waals surface area contributed by atoms with Gasteiger partial charge in [-0.2, -0.15) is 0 Å². The van der Waals surface area contributed by atoms with Gasteiger partial charge in [0.2, 0.25) is 12.7 Å². The van der Waals surface area contributed by atoms with Crippen molar-refractivity contribution < 1.29 is 18.7 Å². The normalized spacial score (nSPS) is 12.1. The van der Waals surface area contributed by atoms with E-state index in [1.165, 1.54) is 30.0 Å². The van der Waals surface area contributed by atoms with E-state index in [1.807, 2.05) is 22.8 Å². The molecule has 2 aromatic carbocycles. The van der Waals surface area contributed by atoms with Crippen molar-refractivity contribution in [3.05, 3.63) is 59.9 Å². The summed E-state index contributed by atoms with van der Waals surface area (Å²) >= 11 is 6.97. The minimum Gasteiger partial charge on any atom is -0.454 e. The number of benzene rings is 2. The molecule has 1 aliphatic heterocycles. The van der Waals surface area contributed by atoms with Crippen LogP contribution in [0.25, 0.3) is 11.4 Å². The third-order valence-electron chi connectivity index (χ3n) is 4.20. The van der Waals surface area contributed by atoms with Crippen LogP contribution in [0.5, 0.6) is 11.5 Å². The van der Waals surface area contributed by atoms with Crippen LogP contribution in [0.1, 0.15) is 0 Å². The maximum atomic E-state index is 13.2. The molecule has 0 unspecified atom stereocenters. The summed E-state index contributed by atoms with van der Waals surface area (Å²) in [7, 11) is 0. The van der Waals surface area contributed by atoms with Gasteiger partial charge in [-0.15, -0.1) is 16.8 Å². The topological polar surface area (TPSA) is 78.3 Å². The molecule has 0 radical (unpaired) electrons. The lowest BCUT2D eigenvalue weighted by Gasteiger charge is -2.09. The number of fused-ring (bicyclic) bond motifs is 1. The van der Waals surface area contributed by atoms with Crippen LogP contribution in [0, 0.1) is 5.82 Å². The molecule has 7 nitrogen and oxygen atoms in total. The van der Waals surface area contributed by atoms with Gasteiger partial charge in [-0.25, -0.2) is 4.39 Å². The molecule has 1 aromatic heterocycles. The Morgan fingerprint density at radius 2 is 2.10 bits per heavy atom. The molecule has 154 valence electrons. The SMILES string of the molecule is C=CCn1c(SCC(=O)Nc2ccc(F)c(Cl)c2)nnc1-c1ccc2c(c1)OCO2. The van der Waals surface area contributed by atoms with Crippen LogP contribution in [-0.4, -0.2) is 33.2 Å². The maximum Gasteiger partial charge on any atom is 0.234 e. The molecule has 1 N–H and O–H groups in total. The van der Waals surface area contributed by atoms with Crippen LogP contribution >= 0.6 is 23.4 Å². The van der Waals surface area contributed by atoms with Crippen molar-refractivity contribution in [2.75, 3.05) is 17.9 Å². The van der Waals surface area contributed by atoms with Crippen molar-refractivity contribution in [1.82, 2.24) is 14.8 Å². The van der Waals surface area contributed by atoms with E-state index < -0.39 is 5.82 Å². The number of nitrogens with one attached hydrogen (secondary N) is 1. The minimum absolute atomic E-state index is 0.0560. The predicted octanol–water partition coefficient (Wildman–Crippen LogP) is 4.38. The van der Waals surface area contributed by atoms with E-state index in [2.05, 4.69) is 22.1 Å². The number of carbonyl (C=O) groups is 1. The van der Waals surface area contributed by atoms with Gasteiger partial charge in [-0.1, -0.05) is 29.4 Å². The molecule has 0 aliphatic carbocycles. The molecule has 4 rings (SSSR count). The van der Waals surface area contributed by atoms with E-state index in [4.69, 9.17) is 21.1 Å². The standard InChI is InChI=1S/C20H16ClFN4O3S/c1-2-7-26-19(12-3-6-16-17(8-12)29-11-28-16)24-25-20(26)30-10-18(27)23-13-4-5-15(22)14(21)9-13/h2-6,8-9H,1,7,10-11H2,(H,23,27). The van der Waals surface area contributed by atoms with Gasteiger partial charge in [-0.3, -0.25) is 9.36 Å². The highest BCUT2D eigenvalue weighted by molar-refractivity contribution is 7.99. The van der Waals surface area contributed by atoms with Crippen LogP contribution in [0.15, 0.2) is 54.2 Å². The number of rotatable bonds is 7. The number of nitrogens with zero attached hydrogens (tertiary/aromatic N) is 3. The second kappa shape index (κ2) is 8.76. The van der Waals surface area contributed by atoms with E-state index >= 15 is 0 Å². The molecule has 30 heavy (non-hydrogen) atoms. The summed E-state index contributed by atoms with van der Waals surface area (Å²) < 4.78 is 25.9. The van der Waals surface area contributed by atoms with Crippen molar-refractivity contribution in [1.29, 1.82) is 0 Å². The Kier molecular flexibility index (Phi) is 5.91. The summed E-state index contributed by atoms with van der Waals surface area (Å²) in [6.07, 6.45) is 1.73. The van der Waals surface area contributed by atoms with Crippen molar-refractivity contribution in [3.8, 4) is 22.9 Å². The first-order valence-electron chi connectivity index (χ1n) is 8.87. The highest BCUT2D eigenvalue weighted by Crippen LogP contribution is 2.36. The molecule has 3 aromatic rings. The average Bonchev–Trinajstić information content (AvgIpc) is 3.36. The van der Waals surface area contributed by atoms with Crippen LogP contribution in [0.2, 0.25) is 5.02 Å². The van der Waals surface area contributed by atoms with Crippen molar-refractivity contribution in [3.63, 3.8) is 0 Å². The van der Waals surface area contributed by atoms with E-state index in [-0.39, 0.29) is 23.5 Å². The Morgan fingerprint density at radius 1 is 1.27 bits per heavy atom. The summed E-state index contributed by atoms with van der Waals surface area (Å²) in [6.45, 7) is 4.44. The molecule has 1 amide bonds. The molecule has 0 atom stereocenters. The lowest BCUT2D eigenvalue weighted by atomic mass is 10.2. The molecule has 10 heteroatoms. The highest BCUT2D eigenvalue weighted by atomic mass is 35.5. The molecule has 0 saturated heterocycles. The Morgan fingerprint density at radius 3 is 2.90 bits per heavy atom. The van der Waals surface area contributed by atoms with E-state index in [9.17, 15) is 9.18 Å². The van der Waals surface area contributed by atoms with E-state index in [1.54, 1.807) is 6.08 Å². The second-order valence-corrected chi connectivity index (χ2v) is 7.59.